The molecule has 1 aliphatic rings. The predicted molar refractivity (Wildman–Crippen MR) is 48.5 cm³/mol. The first-order valence-corrected chi connectivity index (χ1v) is 5.91. The van der Waals surface area contributed by atoms with Gasteiger partial charge >= 0.3 is 6.18 Å². The second-order valence-corrected chi connectivity index (χ2v) is 5.59. The molecular formula is C7H11F3S2. The molecule has 0 aromatic carbocycles. The van der Waals surface area contributed by atoms with Gasteiger partial charge < -0.3 is 0 Å². The lowest BCUT2D eigenvalue weighted by Crippen LogP contribution is -2.29. The first-order chi connectivity index (χ1) is 5.52. The van der Waals surface area contributed by atoms with Crippen LogP contribution in [0.15, 0.2) is 0 Å². The van der Waals surface area contributed by atoms with Crippen molar-refractivity contribution >= 4 is 23.5 Å². The lowest BCUT2D eigenvalue weighted by Gasteiger charge is -2.27. The van der Waals surface area contributed by atoms with E-state index in [0.29, 0.717) is 0 Å². The highest BCUT2D eigenvalue weighted by Crippen LogP contribution is 2.42. The average Bonchev–Trinajstić information content (AvgIpc) is 2.03. The van der Waals surface area contributed by atoms with E-state index in [-0.39, 0.29) is 4.58 Å². The van der Waals surface area contributed by atoms with Crippen molar-refractivity contribution in [1.29, 1.82) is 0 Å². The van der Waals surface area contributed by atoms with Crippen molar-refractivity contribution < 1.29 is 13.2 Å². The second-order valence-electron chi connectivity index (χ2n) is 2.79. The van der Waals surface area contributed by atoms with Crippen molar-refractivity contribution in [3.05, 3.63) is 0 Å². The number of alkyl halides is 3. The molecule has 1 rings (SSSR count). The minimum atomic E-state index is -4.03. The number of halogens is 3. The van der Waals surface area contributed by atoms with Gasteiger partial charge in [-0.25, -0.2) is 0 Å². The molecule has 0 bridgehead atoms. The van der Waals surface area contributed by atoms with Crippen molar-refractivity contribution in [1.82, 2.24) is 0 Å². The number of rotatable bonds is 1. The minimum absolute atomic E-state index is 0.279. The van der Waals surface area contributed by atoms with Crippen LogP contribution in [0.3, 0.4) is 0 Å². The van der Waals surface area contributed by atoms with E-state index in [1.165, 1.54) is 30.4 Å². The molecule has 0 N–H and O–H groups in total. The highest BCUT2D eigenvalue weighted by atomic mass is 32.2. The van der Waals surface area contributed by atoms with Crippen molar-refractivity contribution in [3.63, 3.8) is 0 Å². The van der Waals surface area contributed by atoms with Crippen LogP contribution in [0.4, 0.5) is 13.2 Å². The van der Waals surface area contributed by atoms with Crippen LogP contribution in [0.2, 0.25) is 0 Å². The van der Waals surface area contributed by atoms with Gasteiger partial charge in [0.25, 0.3) is 0 Å². The number of hydrogen-bond donors (Lipinski definition) is 0. The summed E-state index contributed by atoms with van der Waals surface area (Å²) in [5, 5.41) is 0. The molecule has 0 radical (unpaired) electrons. The molecule has 0 saturated carbocycles. The summed E-state index contributed by atoms with van der Waals surface area (Å²) in [5.41, 5.74) is 0. The highest BCUT2D eigenvalue weighted by Gasteiger charge is 2.42. The van der Waals surface area contributed by atoms with E-state index in [1.54, 1.807) is 0 Å². The third-order valence-electron chi connectivity index (χ3n) is 1.78. The molecule has 0 aromatic rings. The van der Waals surface area contributed by atoms with Gasteiger partial charge in [0.05, 0.1) is 10.5 Å². The standard InChI is InChI=1S/C7H11F3S2/c1-5(7(8,9)10)6-11-3-2-4-12-6/h5-6H,2-4H2,1H3. The van der Waals surface area contributed by atoms with E-state index in [0.717, 1.165) is 17.9 Å². The van der Waals surface area contributed by atoms with Gasteiger partial charge in [-0.3, -0.25) is 0 Å². The fraction of sp³-hybridized carbons (Fsp3) is 1.00. The van der Waals surface area contributed by atoms with Crippen LogP contribution in [-0.2, 0) is 0 Å². The van der Waals surface area contributed by atoms with Gasteiger partial charge in [-0.05, 0) is 17.9 Å². The van der Waals surface area contributed by atoms with Gasteiger partial charge in [-0.2, -0.15) is 13.2 Å². The van der Waals surface area contributed by atoms with E-state index in [2.05, 4.69) is 0 Å². The number of thioether (sulfide) groups is 2. The summed E-state index contributed by atoms with van der Waals surface area (Å²) in [4.78, 5) is 0. The Morgan fingerprint density at radius 3 is 2.17 bits per heavy atom. The van der Waals surface area contributed by atoms with E-state index in [9.17, 15) is 13.2 Å². The number of hydrogen-bond acceptors (Lipinski definition) is 2. The molecular weight excluding hydrogens is 205 g/mol. The molecule has 0 aromatic heterocycles. The van der Waals surface area contributed by atoms with E-state index in [1.807, 2.05) is 0 Å². The largest absolute Gasteiger partial charge is 0.393 e. The maximum absolute atomic E-state index is 12.2. The zero-order chi connectivity index (χ0) is 9.19. The van der Waals surface area contributed by atoms with Crippen LogP contribution in [0.5, 0.6) is 0 Å². The highest BCUT2D eigenvalue weighted by molar-refractivity contribution is 8.17. The van der Waals surface area contributed by atoms with Crippen LogP contribution in [0.1, 0.15) is 13.3 Å². The van der Waals surface area contributed by atoms with Crippen molar-refractivity contribution in [2.24, 2.45) is 5.92 Å². The van der Waals surface area contributed by atoms with Crippen molar-refractivity contribution in [3.8, 4) is 0 Å². The van der Waals surface area contributed by atoms with Gasteiger partial charge in [0, 0.05) is 0 Å². The molecule has 12 heavy (non-hydrogen) atoms. The molecule has 0 amide bonds. The van der Waals surface area contributed by atoms with Gasteiger partial charge in [0.1, 0.15) is 0 Å². The lowest BCUT2D eigenvalue weighted by molar-refractivity contribution is -0.164. The Hall–Kier alpha value is 0.490. The van der Waals surface area contributed by atoms with Crippen LogP contribution < -0.4 is 0 Å². The summed E-state index contributed by atoms with van der Waals surface area (Å²) in [5.74, 6) is 0.573. The summed E-state index contributed by atoms with van der Waals surface area (Å²) in [6.45, 7) is 1.27. The Balaban J connectivity index is 2.45. The normalized spacial score (nSPS) is 24.0. The Bertz CT molecular complexity index is 140. The van der Waals surface area contributed by atoms with Crippen LogP contribution >= 0.6 is 23.5 Å². The Morgan fingerprint density at radius 2 is 1.75 bits per heavy atom. The summed E-state index contributed by atoms with van der Waals surface area (Å²) < 4.78 is 36.3. The van der Waals surface area contributed by atoms with E-state index in [4.69, 9.17) is 0 Å². The topological polar surface area (TPSA) is 0 Å². The fourth-order valence-corrected chi connectivity index (χ4v) is 4.07. The van der Waals surface area contributed by atoms with Gasteiger partial charge in [0.2, 0.25) is 0 Å². The quantitative estimate of drug-likeness (QED) is 0.659. The molecule has 1 unspecified atom stereocenters. The first kappa shape index (κ1) is 10.6. The Kier molecular flexibility index (Phi) is 3.64. The van der Waals surface area contributed by atoms with E-state index < -0.39 is 12.1 Å². The maximum Gasteiger partial charge on any atom is 0.393 e. The summed E-state index contributed by atoms with van der Waals surface area (Å²) in [6, 6.07) is 0. The first-order valence-electron chi connectivity index (χ1n) is 3.82. The van der Waals surface area contributed by atoms with E-state index >= 15 is 0 Å². The summed E-state index contributed by atoms with van der Waals surface area (Å²) in [6.07, 6.45) is -2.99. The third kappa shape index (κ3) is 2.76. The van der Waals surface area contributed by atoms with Crippen LogP contribution in [0.25, 0.3) is 0 Å². The molecule has 1 heterocycles. The SMILES string of the molecule is CC(C1SCCCS1)C(F)(F)F. The third-order valence-corrected chi connectivity index (χ3v) is 5.12. The van der Waals surface area contributed by atoms with Gasteiger partial charge in [0.15, 0.2) is 0 Å². The molecule has 0 nitrogen and oxygen atoms in total. The molecule has 1 saturated heterocycles. The zero-order valence-corrected chi connectivity index (χ0v) is 8.36. The predicted octanol–water partition coefficient (Wildman–Crippen LogP) is 3.38. The summed E-state index contributed by atoms with van der Waals surface area (Å²) in [7, 11) is 0. The van der Waals surface area contributed by atoms with Crippen LogP contribution in [0, 0.1) is 5.92 Å². The van der Waals surface area contributed by atoms with Crippen molar-refractivity contribution in [2.75, 3.05) is 11.5 Å². The van der Waals surface area contributed by atoms with Gasteiger partial charge in [-0.1, -0.05) is 6.92 Å². The van der Waals surface area contributed by atoms with Gasteiger partial charge in [-0.15, -0.1) is 23.5 Å². The molecule has 0 spiro atoms. The smallest absolute Gasteiger partial charge is 0.171 e. The molecule has 1 aliphatic heterocycles. The van der Waals surface area contributed by atoms with Crippen LogP contribution in [-0.4, -0.2) is 22.3 Å². The molecule has 0 aliphatic carbocycles. The minimum Gasteiger partial charge on any atom is -0.171 e. The zero-order valence-electron chi connectivity index (χ0n) is 6.73. The fourth-order valence-electron chi connectivity index (χ4n) is 0.949. The van der Waals surface area contributed by atoms with Crippen molar-refractivity contribution in [2.45, 2.75) is 24.1 Å². The summed E-state index contributed by atoms with van der Waals surface area (Å²) >= 11 is 2.88. The second kappa shape index (κ2) is 4.13. The maximum atomic E-state index is 12.2. The molecule has 1 fully saturated rings. The molecule has 72 valence electrons. The Labute approximate surface area is 78.7 Å². The lowest BCUT2D eigenvalue weighted by atomic mass is 10.2. The Morgan fingerprint density at radius 1 is 1.25 bits per heavy atom. The monoisotopic (exact) mass is 216 g/mol. The molecule has 5 heteroatoms. The molecule has 1 atom stereocenters. The average molecular weight is 216 g/mol.